The molecule has 126 valence electrons. The van der Waals surface area contributed by atoms with Crippen molar-refractivity contribution in [1.82, 2.24) is 15.1 Å². The number of carbonyl (C=O) groups excluding carboxylic acids is 1. The number of rotatable bonds is 5. The van der Waals surface area contributed by atoms with Crippen LogP contribution in [0.2, 0.25) is 0 Å². The molecule has 1 amide bonds. The lowest BCUT2D eigenvalue weighted by Crippen LogP contribution is -2.57. The maximum atomic E-state index is 12.5. The minimum absolute atomic E-state index is 0.00286. The Bertz CT molecular complexity index is 545. The molecule has 2 bridgehead atoms. The highest BCUT2D eigenvalue weighted by Crippen LogP contribution is 2.18. The lowest BCUT2D eigenvalue weighted by Gasteiger charge is -2.36. The van der Waals surface area contributed by atoms with Gasteiger partial charge in [-0.2, -0.15) is 0 Å². The van der Waals surface area contributed by atoms with Crippen LogP contribution in [0.4, 0.5) is 0 Å². The lowest BCUT2D eigenvalue weighted by molar-refractivity contribution is -0.128. The van der Waals surface area contributed by atoms with Crippen LogP contribution in [-0.2, 0) is 4.79 Å². The molecule has 4 atom stereocenters. The molecule has 5 heteroatoms. The first kappa shape index (κ1) is 16.3. The van der Waals surface area contributed by atoms with Gasteiger partial charge in [0, 0.05) is 26.2 Å². The van der Waals surface area contributed by atoms with Crippen molar-refractivity contribution in [2.75, 3.05) is 39.3 Å². The normalized spacial score (nSPS) is 28.0. The Balaban J connectivity index is 1.50. The quantitative estimate of drug-likeness (QED) is 0.888. The molecular formula is C18H27N3O2. The summed E-state index contributed by atoms with van der Waals surface area (Å²) in [5.74, 6) is 1.02. The SMILES string of the molecule is Cc1ccccc1O[C@H](C)CNC(=O)[C@@H]1CN2CCCN1CC2. The van der Waals surface area contributed by atoms with Crippen molar-refractivity contribution in [3.05, 3.63) is 29.8 Å². The number of nitrogens with one attached hydrogen (secondary N) is 1. The van der Waals surface area contributed by atoms with Gasteiger partial charge in [-0.05, 0) is 38.4 Å². The number of nitrogens with zero attached hydrogens (tertiary/aromatic N) is 2. The Morgan fingerprint density at radius 1 is 1.30 bits per heavy atom. The summed E-state index contributed by atoms with van der Waals surface area (Å²) in [4.78, 5) is 17.3. The van der Waals surface area contributed by atoms with Crippen molar-refractivity contribution in [3.63, 3.8) is 0 Å². The molecule has 3 saturated heterocycles. The van der Waals surface area contributed by atoms with Crippen LogP contribution >= 0.6 is 0 Å². The number of aryl methyl sites for hydroxylation is 1. The standard InChI is InChI=1S/C18H27N3O2/c1-14-6-3-4-7-17(14)23-15(2)12-19-18(22)16-13-20-8-5-9-21(16)11-10-20/h3-4,6-7,15-16H,5,8-13H2,1-2H3,(H,19,22)/t15-,16+/m1/s1. The van der Waals surface area contributed by atoms with Crippen molar-refractivity contribution < 1.29 is 9.53 Å². The molecule has 3 aliphatic rings. The maximum absolute atomic E-state index is 12.5. The Morgan fingerprint density at radius 2 is 2.13 bits per heavy atom. The highest BCUT2D eigenvalue weighted by Gasteiger charge is 2.34. The second-order valence-electron chi connectivity index (χ2n) is 6.65. The fraction of sp³-hybridized carbons (Fsp3) is 0.611. The van der Waals surface area contributed by atoms with E-state index in [9.17, 15) is 4.79 Å². The third kappa shape index (κ3) is 4.03. The predicted molar refractivity (Wildman–Crippen MR) is 90.7 cm³/mol. The van der Waals surface area contributed by atoms with E-state index in [1.807, 2.05) is 38.1 Å². The number of benzene rings is 1. The summed E-state index contributed by atoms with van der Waals surface area (Å²) in [7, 11) is 0. The Morgan fingerprint density at radius 3 is 2.96 bits per heavy atom. The molecule has 0 radical (unpaired) electrons. The van der Waals surface area contributed by atoms with Gasteiger partial charge in [0.05, 0.1) is 6.54 Å². The van der Waals surface area contributed by atoms with Crippen LogP contribution in [-0.4, -0.2) is 67.1 Å². The topological polar surface area (TPSA) is 44.8 Å². The van der Waals surface area contributed by atoms with Gasteiger partial charge in [0.2, 0.25) is 5.91 Å². The molecule has 2 unspecified atom stereocenters. The summed E-state index contributed by atoms with van der Waals surface area (Å²) < 4.78 is 5.93. The van der Waals surface area contributed by atoms with Gasteiger partial charge < -0.3 is 10.1 Å². The Labute approximate surface area is 138 Å². The second-order valence-corrected chi connectivity index (χ2v) is 6.65. The van der Waals surface area contributed by atoms with Crippen LogP contribution in [0.15, 0.2) is 24.3 Å². The molecule has 3 heterocycles. The molecule has 1 aromatic carbocycles. The van der Waals surface area contributed by atoms with E-state index in [0.29, 0.717) is 6.54 Å². The van der Waals surface area contributed by atoms with Gasteiger partial charge in [-0.1, -0.05) is 18.2 Å². The molecule has 4 rings (SSSR count). The molecule has 3 fully saturated rings. The van der Waals surface area contributed by atoms with E-state index in [4.69, 9.17) is 4.74 Å². The molecule has 23 heavy (non-hydrogen) atoms. The first-order valence-electron chi connectivity index (χ1n) is 8.60. The molecule has 1 aromatic rings. The van der Waals surface area contributed by atoms with E-state index in [0.717, 1.165) is 50.5 Å². The van der Waals surface area contributed by atoms with E-state index in [-0.39, 0.29) is 18.1 Å². The number of carbonyl (C=O) groups is 1. The molecular weight excluding hydrogens is 290 g/mol. The molecule has 0 saturated carbocycles. The average Bonchev–Trinajstić information content (AvgIpc) is 2.90. The number of para-hydroxylation sites is 1. The number of hydrogen-bond acceptors (Lipinski definition) is 4. The largest absolute Gasteiger partial charge is 0.489 e. The average molecular weight is 317 g/mol. The van der Waals surface area contributed by atoms with Gasteiger partial charge in [0.15, 0.2) is 0 Å². The Kier molecular flexibility index (Phi) is 5.18. The minimum atomic E-state index is -0.0432. The highest BCUT2D eigenvalue weighted by atomic mass is 16.5. The van der Waals surface area contributed by atoms with Gasteiger partial charge >= 0.3 is 0 Å². The molecule has 3 aliphatic heterocycles. The lowest BCUT2D eigenvalue weighted by atomic mass is 10.1. The second kappa shape index (κ2) is 7.32. The first-order valence-corrected chi connectivity index (χ1v) is 8.60. The summed E-state index contributed by atoms with van der Waals surface area (Å²) >= 11 is 0. The summed E-state index contributed by atoms with van der Waals surface area (Å²) in [5.41, 5.74) is 1.12. The van der Waals surface area contributed by atoms with Crippen LogP contribution in [0.1, 0.15) is 18.9 Å². The number of hydrogen-bond donors (Lipinski definition) is 1. The van der Waals surface area contributed by atoms with Gasteiger partial charge in [-0.15, -0.1) is 0 Å². The van der Waals surface area contributed by atoms with Gasteiger partial charge in [0.1, 0.15) is 17.9 Å². The van der Waals surface area contributed by atoms with E-state index in [2.05, 4.69) is 15.1 Å². The van der Waals surface area contributed by atoms with Crippen LogP contribution in [0.25, 0.3) is 0 Å². The van der Waals surface area contributed by atoms with Crippen LogP contribution in [0.5, 0.6) is 5.75 Å². The Hall–Kier alpha value is -1.59. The fourth-order valence-corrected chi connectivity index (χ4v) is 3.40. The highest BCUT2D eigenvalue weighted by molar-refractivity contribution is 5.82. The number of ether oxygens (including phenoxy) is 1. The first-order chi connectivity index (χ1) is 11.1. The van der Waals surface area contributed by atoms with Crippen LogP contribution in [0, 0.1) is 6.92 Å². The van der Waals surface area contributed by atoms with Crippen molar-refractivity contribution in [2.45, 2.75) is 32.4 Å². The number of piperazine rings is 1. The maximum Gasteiger partial charge on any atom is 0.238 e. The van der Waals surface area contributed by atoms with E-state index in [1.54, 1.807) is 0 Å². The summed E-state index contributed by atoms with van der Waals surface area (Å²) in [6, 6.07) is 7.97. The predicted octanol–water partition coefficient (Wildman–Crippen LogP) is 1.27. The third-order valence-corrected chi connectivity index (χ3v) is 4.78. The van der Waals surface area contributed by atoms with Crippen LogP contribution < -0.4 is 10.1 Å². The molecule has 0 spiro atoms. The fourth-order valence-electron chi connectivity index (χ4n) is 3.40. The van der Waals surface area contributed by atoms with Crippen molar-refractivity contribution in [1.29, 1.82) is 0 Å². The molecule has 5 nitrogen and oxygen atoms in total. The molecule has 0 aliphatic carbocycles. The van der Waals surface area contributed by atoms with Crippen LogP contribution in [0.3, 0.4) is 0 Å². The molecule has 0 aromatic heterocycles. The third-order valence-electron chi connectivity index (χ3n) is 4.78. The van der Waals surface area contributed by atoms with Gasteiger partial charge in [-0.3, -0.25) is 14.6 Å². The molecule has 1 N–H and O–H groups in total. The number of fused-ring (bicyclic) bond motifs is 4. The smallest absolute Gasteiger partial charge is 0.238 e. The zero-order valence-electron chi connectivity index (χ0n) is 14.1. The van der Waals surface area contributed by atoms with E-state index < -0.39 is 0 Å². The van der Waals surface area contributed by atoms with Gasteiger partial charge in [-0.25, -0.2) is 0 Å². The van der Waals surface area contributed by atoms with Gasteiger partial charge in [0.25, 0.3) is 0 Å². The van der Waals surface area contributed by atoms with E-state index >= 15 is 0 Å². The van der Waals surface area contributed by atoms with Crippen molar-refractivity contribution in [3.8, 4) is 5.75 Å². The summed E-state index contributed by atoms with van der Waals surface area (Å²) in [6.07, 6.45) is 1.12. The number of amides is 1. The zero-order chi connectivity index (χ0) is 16.2. The zero-order valence-corrected chi connectivity index (χ0v) is 14.1. The monoisotopic (exact) mass is 317 g/mol. The van der Waals surface area contributed by atoms with Crippen molar-refractivity contribution >= 4 is 5.91 Å². The summed E-state index contributed by atoms with van der Waals surface area (Å²) in [6.45, 7) is 9.68. The van der Waals surface area contributed by atoms with Crippen molar-refractivity contribution in [2.24, 2.45) is 0 Å². The summed E-state index contributed by atoms with van der Waals surface area (Å²) in [5, 5.41) is 3.07. The van der Waals surface area contributed by atoms with E-state index in [1.165, 1.54) is 0 Å². The minimum Gasteiger partial charge on any atom is -0.489 e.